The standard InChI is InChI=1S/C43H54ClN5O8S/c1-29-30(2)58-42-39(29)40(33-11-13-34(44)14-12-33)46-36(41-48-47-31(3)49(41)42)28-37(50)45-35-15-9-32(10-16-35)8-7-18-52-20-22-54-24-26-56-27-25-55-23-21-53-19-17-38(51)57-43(4,5)6/h7-16,36H,17-28H2,1-6H3,(H,45,50)/b8-7+/t36-/m0/s1. The Morgan fingerprint density at radius 3 is 2.05 bits per heavy atom. The van der Waals surface area contributed by atoms with E-state index < -0.39 is 11.6 Å². The topological polar surface area (TPSA) is 145 Å². The van der Waals surface area contributed by atoms with Crippen LogP contribution in [0.4, 0.5) is 5.69 Å². The monoisotopic (exact) mass is 835 g/mol. The van der Waals surface area contributed by atoms with Gasteiger partial charge in [0.05, 0.1) is 84.6 Å². The van der Waals surface area contributed by atoms with E-state index in [1.54, 1.807) is 11.3 Å². The van der Waals surface area contributed by atoms with E-state index >= 15 is 0 Å². The van der Waals surface area contributed by atoms with E-state index in [0.29, 0.717) is 82.6 Å². The number of nitrogens with zero attached hydrogens (tertiary/aromatic N) is 4. The van der Waals surface area contributed by atoms with Gasteiger partial charge in [-0.2, -0.15) is 0 Å². The van der Waals surface area contributed by atoms with E-state index in [2.05, 4.69) is 29.4 Å². The van der Waals surface area contributed by atoms with E-state index in [1.807, 2.05) is 92.9 Å². The number of esters is 1. The van der Waals surface area contributed by atoms with Crippen LogP contribution >= 0.6 is 22.9 Å². The minimum atomic E-state index is -0.555. The highest BCUT2D eigenvalue weighted by Gasteiger charge is 2.32. The Hall–Kier alpha value is -4.28. The van der Waals surface area contributed by atoms with Crippen LogP contribution in [0.2, 0.25) is 5.02 Å². The van der Waals surface area contributed by atoms with Crippen molar-refractivity contribution in [3.8, 4) is 5.00 Å². The summed E-state index contributed by atoms with van der Waals surface area (Å²) in [6.45, 7) is 16.0. The minimum Gasteiger partial charge on any atom is -0.460 e. The van der Waals surface area contributed by atoms with Gasteiger partial charge in [-0.05, 0) is 76.9 Å². The van der Waals surface area contributed by atoms with Crippen molar-refractivity contribution >= 4 is 52.3 Å². The molecule has 1 amide bonds. The number of aryl methyl sites for hydroxylation is 2. The number of aliphatic imine (C=N–C) groups is 1. The highest BCUT2D eigenvalue weighted by Crippen LogP contribution is 2.39. The van der Waals surface area contributed by atoms with E-state index in [-0.39, 0.29) is 24.7 Å². The van der Waals surface area contributed by atoms with Gasteiger partial charge >= 0.3 is 5.97 Å². The van der Waals surface area contributed by atoms with Crippen molar-refractivity contribution < 1.29 is 38.0 Å². The molecule has 2 aromatic heterocycles. The van der Waals surface area contributed by atoms with Crippen molar-refractivity contribution in [2.75, 3.05) is 71.4 Å². The van der Waals surface area contributed by atoms with E-state index in [1.165, 1.54) is 4.88 Å². The first-order valence-corrected chi connectivity index (χ1v) is 20.6. The number of fused-ring (bicyclic) bond motifs is 3. The van der Waals surface area contributed by atoms with Gasteiger partial charge in [0.2, 0.25) is 5.91 Å². The lowest BCUT2D eigenvalue weighted by Gasteiger charge is -2.19. The van der Waals surface area contributed by atoms with Crippen molar-refractivity contribution in [3.63, 3.8) is 0 Å². The summed E-state index contributed by atoms with van der Waals surface area (Å²) in [7, 11) is 0. The van der Waals surface area contributed by atoms with Crippen LogP contribution in [0.1, 0.15) is 78.4 Å². The number of benzene rings is 2. The molecule has 0 unspecified atom stereocenters. The quantitative estimate of drug-likeness (QED) is 0.0619. The number of carbonyl (C=O) groups excluding carboxylic acids is 2. The van der Waals surface area contributed by atoms with Crippen molar-refractivity contribution in [3.05, 3.63) is 98.4 Å². The molecule has 0 bridgehead atoms. The molecular formula is C43H54ClN5O8S. The fraction of sp³-hybridized carbons (Fsp3) is 0.465. The zero-order valence-electron chi connectivity index (χ0n) is 34.2. The van der Waals surface area contributed by atoms with Crippen LogP contribution in [-0.2, 0) is 38.0 Å². The predicted octanol–water partition coefficient (Wildman–Crippen LogP) is 7.66. The van der Waals surface area contributed by atoms with Gasteiger partial charge in [0.25, 0.3) is 0 Å². The molecule has 0 saturated carbocycles. The first kappa shape index (κ1) is 44.8. The molecule has 0 radical (unpaired) electrons. The largest absolute Gasteiger partial charge is 0.460 e. The molecule has 0 fully saturated rings. The molecule has 1 aliphatic rings. The number of ether oxygens (including phenoxy) is 6. The lowest BCUT2D eigenvalue weighted by molar-refractivity contribution is -0.156. The zero-order chi connectivity index (χ0) is 41.5. The molecule has 5 rings (SSSR count). The van der Waals surface area contributed by atoms with Crippen LogP contribution in [0.3, 0.4) is 0 Å². The van der Waals surface area contributed by atoms with Gasteiger partial charge in [0, 0.05) is 26.7 Å². The van der Waals surface area contributed by atoms with Crippen LogP contribution in [-0.4, -0.2) is 104 Å². The Labute approximate surface area is 349 Å². The van der Waals surface area contributed by atoms with Gasteiger partial charge in [-0.15, -0.1) is 21.5 Å². The van der Waals surface area contributed by atoms with Gasteiger partial charge in [0.15, 0.2) is 5.82 Å². The number of thiophene rings is 1. The molecule has 58 heavy (non-hydrogen) atoms. The summed E-state index contributed by atoms with van der Waals surface area (Å²) in [5.41, 5.74) is 5.07. The zero-order valence-corrected chi connectivity index (χ0v) is 35.7. The number of halogens is 1. The van der Waals surface area contributed by atoms with Crippen molar-refractivity contribution in [1.29, 1.82) is 0 Å². The van der Waals surface area contributed by atoms with Crippen molar-refractivity contribution in [2.24, 2.45) is 4.99 Å². The van der Waals surface area contributed by atoms with Gasteiger partial charge in [-0.1, -0.05) is 48.0 Å². The third-order valence-electron chi connectivity index (χ3n) is 8.81. The first-order chi connectivity index (χ1) is 27.9. The summed E-state index contributed by atoms with van der Waals surface area (Å²) >= 11 is 7.91. The maximum absolute atomic E-state index is 13.5. The number of hydrogen-bond acceptors (Lipinski definition) is 12. The van der Waals surface area contributed by atoms with E-state index in [9.17, 15) is 9.59 Å². The Kier molecular flexibility index (Phi) is 17.1. The van der Waals surface area contributed by atoms with Gasteiger partial charge in [0.1, 0.15) is 22.5 Å². The minimum absolute atomic E-state index is 0.0883. The second-order valence-electron chi connectivity index (χ2n) is 14.5. The van der Waals surface area contributed by atoms with Gasteiger partial charge in [-0.25, -0.2) is 0 Å². The van der Waals surface area contributed by atoms with Crippen molar-refractivity contribution in [2.45, 2.75) is 66.0 Å². The van der Waals surface area contributed by atoms with Crippen LogP contribution in [0, 0.1) is 20.8 Å². The van der Waals surface area contributed by atoms with Gasteiger partial charge < -0.3 is 33.7 Å². The summed E-state index contributed by atoms with van der Waals surface area (Å²) in [4.78, 5) is 31.5. The highest BCUT2D eigenvalue weighted by atomic mass is 35.5. The number of hydrogen-bond donors (Lipinski definition) is 1. The Morgan fingerprint density at radius 1 is 0.828 bits per heavy atom. The Bertz CT molecular complexity index is 2000. The molecule has 1 N–H and O–H groups in total. The summed E-state index contributed by atoms with van der Waals surface area (Å²) in [5, 5.41) is 13.6. The number of amides is 1. The normalized spacial score (nSPS) is 13.9. The molecule has 1 atom stereocenters. The fourth-order valence-electron chi connectivity index (χ4n) is 5.96. The maximum atomic E-state index is 13.5. The Morgan fingerprint density at radius 2 is 1.43 bits per heavy atom. The first-order valence-electron chi connectivity index (χ1n) is 19.4. The van der Waals surface area contributed by atoms with Crippen molar-refractivity contribution in [1.82, 2.24) is 14.8 Å². The smallest absolute Gasteiger partial charge is 0.308 e. The van der Waals surface area contributed by atoms with Gasteiger partial charge in [-0.3, -0.25) is 19.1 Å². The average molecular weight is 836 g/mol. The predicted molar refractivity (Wildman–Crippen MR) is 227 cm³/mol. The summed E-state index contributed by atoms with van der Waals surface area (Å²) in [6, 6.07) is 14.7. The van der Waals surface area contributed by atoms with E-state index in [4.69, 9.17) is 45.0 Å². The number of aromatic nitrogens is 3. The van der Waals surface area contributed by atoms with Crippen LogP contribution < -0.4 is 5.32 Å². The van der Waals surface area contributed by atoms with Crippen LogP contribution in [0.5, 0.6) is 0 Å². The second-order valence-corrected chi connectivity index (χ2v) is 16.2. The molecule has 312 valence electrons. The summed E-state index contributed by atoms with van der Waals surface area (Å²) in [5.74, 6) is 0.925. The number of nitrogens with one attached hydrogen (secondary N) is 1. The number of rotatable bonds is 22. The lowest BCUT2D eigenvalue weighted by Crippen LogP contribution is -2.24. The fourth-order valence-corrected chi connectivity index (χ4v) is 7.30. The van der Waals surface area contributed by atoms with Crippen LogP contribution in [0.25, 0.3) is 11.1 Å². The molecule has 15 heteroatoms. The lowest BCUT2D eigenvalue weighted by atomic mass is 9.99. The SMILES string of the molecule is Cc1sc2c(c1C)C(c1ccc(Cl)cc1)=N[C@@H](CC(=O)Nc1ccc(/C=C/COCCOCCOCCOCCOCCC(=O)OC(C)(C)C)cc1)c1nnc(C)n1-2. The Balaban J connectivity index is 0.967. The summed E-state index contributed by atoms with van der Waals surface area (Å²) in [6.07, 6.45) is 4.21. The molecule has 0 saturated heterocycles. The summed E-state index contributed by atoms with van der Waals surface area (Å²) < 4.78 is 34.9. The third kappa shape index (κ3) is 13.7. The molecule has 4 aromatic rings. The molecule has 1 aliphatic heterocycles. The molecule has 13 nitrogen and oxygen atoms in total. The molecule has 3 heterocycles. The molecular weight excluding hydrogens is 782 g/mol. The maximum Gasteiger partial charge on any atom is 0.308 e. The number of anilines is 1. The molecule has 0 spiro atoms. The molecule has 0 aliphatic carbocycles. The highest BCUT2D eigenvalue weighted by molar-refractivity contribution is 7.15. The molecule has 2 aromatic carbocycles. The van der Waals surface area contributed by atoms with Crippen LogP contribution in [0.15, 0.2) is 59.6 Å². The van der Waals surface area contributed by atoms with E-state index in [0.717, 1.165) is 38.8 Å². The second kappa shape index (κ2) is 22.2. The third-order valence-corrected chi connectivity index (χ3v) is 10.3. The average Bonchev–Trinajstić information content (AvgIpc) is 3.66. The number of carbonyl (C=O) groups is 2.